The molecule has 2 rings (SSSR count). The summed E-state index contributed by atoms with van der Waals surface area (Å²) in [4.78, 5) is 10.9. The Hall–Kier alpha value is -1.03. The van der Waals surface area contributed by atoms with Crippen LogP contribution in [0.25, 0.3) is 0 Å². The number of anilines is 1. The second-order valence-electron chi connectivity index (χ2n) is 4.21. The zero-order chi connectivity index (χ0) is 12.3. The van der Waals surface area contributed by atoms with Crippen LogP contribution in [-0.2, 0) is 22.4 Å². The number of aryl methyl sites for hydroxylation is 2. The smallest absolute Gasteiger partial charge is 0.321 e. The monoisotopic (exact) mass is 297 g/mol. The predicted octanol–water partition coefficient (Wildman–Crippen LogP) is 2.52. The van der Waals surface area contributed by atoms with Crippen LogP contribution in [-0.4, -0.2) is 24.5 Å². The van der Waals surface area contributed by atoms with E-state index in [1.54, 1.807) is 0 Å². The molecule has 1 aromatic carbocycles. The molecule has 1 aliphatic rings. The zero-order valence-electron chi connectivity index (χ0n) is 9.83. The Labute approximate surface area is 110 Å². The molecule has 1 aromatic rings. The van der Waals surface area contributed by atoms with Gasteiger partial charge in [0.25, 0.3) is 0 Å². The first-order valence-corrected chi connectivity index (χ1v) is 6.70. The number of carbonyl (C=O) groups is 1. The Bertz CT molecular complexity index is 420. The maximum atomic E-state index is 11.2. The molecular formula is C13H16BrNO2. The molecule has 0 aliphatic heterocycles. The molecule has 0 bridgehead atoms. The van der Waals surface area contributed by atoms with Gasteiger partial charge >= 0.3 is 5.97 Å². The summed E-state index contributed by atoms with van der Waals surface area (Å²) in [5.41, 5.74) is 3.96. The fourth-order valence-electron chi connectivity index (χ4n) is 2.10. The van der Waals surface area contributed by atoms with Gasteiger partial charge in [-0.15, -0.1) is 0 Å². The number of ether oxygens (including phenoxy) is 1. The first-order valence-electron chi connectivity index (χ1n) is 5.78. The number of alkyl halides is 1. The molecule has 1 N–H and O–H groups in total. The number of carbonyl (C=O) groups excluding carboxylic acids is 1. The lowest BCUT2D eigenvalue weighted by atomic mass is 10.1. The number of hydrogen-bond donors (Lipinski definition) is 1. The third-order valence-corrected chi connectivity index (χ3v) is 3.74. The number of esters is 1. The van der Waals surface area contributed by atoms with E-state index >= 15 is 0 Å². The summed E-state index contributed by atoms with van der Waals surface area (Å²) in [6.45, 7) is 0.533. The summed E-state index contributed by atoms with van der Waals surface area (Å²) >= 11 is 3.29. The highest BCUT2D eigenvalue weighted by Gasteiger charge is 2.15. The maximum absolute atomic E-state index is 11.2. The van der Waals surface area contributed by atoms with Crippen molar-refractivity contribution >= 4 is 27.6 Å². The van der Waals surface area contributed by atoms with E-state index in [4.69, 9.17) is 0 Å². The van der Waals surface area contributed by atoms with Gasteiger partial charge in [0.05, 0.1) is 7.11 Å². The third-order valence-electron chi connectivity index (χ3n) is 3.04. The average Bonchev–Trinajstić information content (AvgIpc) is 2.82. The molecule has 0 aromatic heterocycles. The minimum atomic E-state index is -0.305. The van der Waals surface area contributed by atoms with Crippen molar-refractivity contribution < 1.29 is 9.53 Å². The number of hydrogen-bond acceptors (Lipinski definition) is 3. The summed E-state index contributed by atoms with van der Waals surface area (Å²) in [7, 11) is 1.39. The number of halogens is 1. The number of methoxy groups -OCH3 is 1. The van der Waals surface area contributed by atoms with Crippen LogP contribution >= 0.6 is 15.9 Å². The van der Waals surface area contributed by atoms with Crippen LogP contribution in [0.5, 0.6) is 0 Å². The van der Waals surface area contributed by atoms with Crippen molar-refractivity contribution in [1.29, 1.82) is 0 Å². The zero-order valence-corrected chi connectivity index (χ0v) is 11.4. The quantitative estimate of drug-likeness (QED) is 0.686. The van der Waals surface area contributed by atoms with Gasteiger partial charge < -0.3 is 10.1 Å². The average molecular weight is 298 g/mol. The van der Waals surface area contributed by atoms with Crippen molar-refractivity contribution in [2.24, 2.45) is 0 Å². The van der Waals surface area contributed by atoms with Gasteiger partial charge in [-0.25, -0.2) is 0 Å². The molecule has 92 valence electrons. The summed E-state index contributed by atoms with van der Waals surface area (Å²) in [6, 6.07) is 6.42. The topological polar surface area (TPSA) is 38.3 Å². The van der Waals surface area contributed by atoms with E-state index < -0.39 is 0 Å². The van der Waals surface area contributed by atoms with Gasteiger partial charge in [-0.05, 0) is 42.5 Å². The fourth-order valence-corrected chi connectivity index (χ4v) is 2.45. The Morgan fingerprint density at radius 2 is 2.24 bits per heavy atom. The van der Waals surface area contributed by atoms with Crippen molar-refractivity contribution in [3.8, 4) is 0 Å². The lowest BCUT2D eigenvalue weighted by Gasteiger charge is -2.11. The van der Waals surface area contributed by atoms with Crippen molar-refractivity contribution in [3.63, 3.8) is 0 Å². The minimum Gasteiger partial charge on any atom is -0.468 e. The van der Waals surface area contributed by atoms with Crippen molar-refractivity contribution in [2.75, 3.05) is 19.0 Å². The summed E-state index contributed by atoms with van der Waals surface area (Å²) in [5, 5.41) is 3.24. The van der Waals surface area contributed by atoms with Gasteiger partial charge in [0.2, 0.25) is 0 Å². The van der Waals surface area contributed by atoms with E-state index in [1.165, 1.54) is 37.5 Å². The molecule has 0 spiro atoms. The second kappa shape index (κ2) is 5.54. The molecule has 1 unspecified atom stereocenters. The molecule has 0 amide bonds. The van der Waals surface area contributed by atoms with E-state index in [1.807, 2.05) is 0 Å². The van der Waals surface area contributed by atoms with Gasteiger partial charge in [-0.3, -0.25) is 4.79 Å². The fraction of sp³-hybridized carbons (Fsp3) is 0.462. The molecule has 1 aliphatic carbocycles. The number of nitrogens with one attached hydrogen (secondary N) is 1. The van der Waals surface area contributed by atoms with Gasteiger partial charge in [0.1, 0.15) is 4.83 Å². The van der Waals surface area contributed by atoms with E-state index in [-0.39, 0.29) is 10.8 Å². The molecule has 3 nitrogen and oxygen atoms in total. The van der Waals surface area contributed by atoms with Crippen LogP contribution in [0, 0.1) is 0 Å². The predicted molar refractivity (Wildman–Crippen MR) is 71.7 cm³/mol. The van der Waals surface area contributed by atoms with Gasteiger partial charge in [0, 0.05) is 12.2 Å². The van der Waals surface area contributed by atoms with Gasteiger partial charge in [-0.2, -0.15) is 0 Å². The van der Waals surface area contributed by atoms with Crippen LogP contribution in [0.2, 0.25) is 0 Å². The highest BCUT2D eigenvalue weighted by molar-refractivity contribution is 9.10. The Morgan fingerprint density at radius 1 is 1.47 bits per heavy atom. The van der Waals surface area contributed by atoms with E-state index in [0.29, 0.717) is 6.54 Å². The maximum Gasteiger partial charge on any atom is 0.321 e. The highest BCUT2D eigenvalue weighted by Crippen LogP contribution is 2.24. The van der Waals surface area contributed by atoms with Crippen molar-refractivity contribution in [1.82, 2.24) is 0 Å². The lowest BCUT2D eigenvalue weighted by molar-refractivity contribution is -0.139. The summed E-state index contributed by atoms with van der Waals surface area (Å²) in [6.07, 6.45) is 3.61. The summed E-state index contributed by atoms with van der Waals surface area (Å²) in [5.74, 6) is -0.251. The SMILES string of the molecule is COC(=O)C(Br)CNc1ccc2c(c1)CCC2. The first-order chi connectivity index (χ1) is 8.20. The second-order valence-corrected chi connectivity index (χ2v) is 5.31. The number of fused-ring (bicyclic) bond motifs is 1. The van der Waals surface area contributed by atoms with Crippen LogP contribution in [0.3, 0.4) is 0 Å². The lowest BCUT2D eigenvalue weighted by Crippen LogP contribution is -2.24. The molecule has 0 saturated carbocycles. The third kappa shape index (κ3) is 3.00. The summed E-state index contributed by atoms with van der Waals surface area (Å²) < 4.78 is 4.65. The van der Waals surface area contributed by atoms with E-state index in [2.05, 4.69) is 44.2 Å². The van der Waals surface area contributed by atoms with Gasteiger partial charge in [0.15, 0.2) is 0 Å². The van der Waals surface area contributed by atoms with Gasteiger partial charge in [-0.1, -0.05) is 22.0 Å². The van der Waals surface area contributed by atoms with E-state index in [9.17, 15) is 4.79 Å². The molecule has 0 radical (unpaired) electrons. The molecule has 0 saturated heterocycles. The minimum absolute atomic E-state index is 0.251. The molecule has 1 atom stereocenters. The first kappa shape index (κ1) is 12.4. The van der Waals surface area contributed by atoms with Crippen LogP contribution in [0.1, 0.15) is 17.5 Å². The normalized spacial score (nSPS) is 15.2. The largest absolute Gasteiger partial charge is 0.468 e. The molecule has 0 heterocycles. The standard InChI is InChI=1S/C13H16BrNO2/c1-17-13(16)12(14)8-15-11-6-5-9-3-2-4-10(9)7-11/h5-7,12,15H,2-4,8H2,1H3. The Kier molecular flexibility index (Phi) is 4.05. The Balaban J connectivity index is 1.93. The molecule has 17 heavy (non-hydrogen) atoms. The number of benzene rings is 1. The molecule has 4 heteroatoms. The molecular weight excluding hydrogens is 282 g/mol. The van der Waals surface area contributed by atoms with Crippen LogP contribution in [0.15, 0.2) is 18.2 Å². The van der Waals surface area contributed by atoms with Crippen molar-refractivity contribution in [2.45, 2.75) is 24.1 Å². The van der Waals surface area contributed by atoms with E-state index in [0.717, 1.165) is 5.69 Å². The van der Waals surface area contributed by atoms with Crippen LogP contribution in [0.4, 0.5) is 5.69 Å². The molecule has 0 fully saturated rings. The highest BCUT2D eigenvalue weighted by atomic mass is 79.9. The van der Waals surface area contributed by atoms with Crippen LogP contribution < -0.4 is 5.32 Å². The van der Waals surface area contributed by atoms with Crippen molar-refractivity contribution in [3.05, 3.63) is 29.3 Å². The Morgan fingerprint density at radius 3 is 3.00 bits per heavy atom. The number of rotatable bonds is 4.